The lowest BCUT2D eigenvalue weighted by Gasteiger charge is -2.13. The van der Waals surface area contributed by atoms with Gasteiger partial charge in [-0.25, -0.2) is 0 Å². The minimum absolute atomic E-state index is 0.0602. The number of hydrogen-bond donors (Lipinski definition) is 0. The molecule has 0 atom stereocenters. The van der Waals surface area contributed by atoms with Crippen molar-refractivity contribution in [2.75, 3.05) is 32.9 Å². The minimum atomic E-state index is -4.85. The first-order valence-corrected chi connectivity index (χ1v) is 4.15. The highest BCUT2D eigenvalue weighted by Crippen LogP contribution is 2.07. The fourth-order valence-corrected chi connectivity index (χ4v) is 0.627. The van der Waals surface area contributed by atoms with E-state index in [-0.39, 0.29) is 13.2 Å². The Labute approximate surface area is 80.9 Å². The number of rotatable bonds is 9. The first-order valence-electron chi connectivity index (χ1n) is 4.15. The maximum absolute atomic E-state index is 11.6. The first-order chi connectivity index (χ1) is 6.56. The SMILES string of the molecule is C=COCCOCCOC[B-](F)(F)F. The lowest BCUT2D eigenvalue weighted by molar-refractivity contribution is 0.0367. The summed E-state index contributed by atoms with van der Waals surface area (Å²) >= 11 is 0. The van der Waals surface area contributed by atoms with Gasteiger partial charge in [0.05, 0.1) is 26.1 Å². The van der Waals surface area contributed by atoms with Crippen LogP contribution in [-0.4, -0.2) is 39.9 Å². The summed E-state index contributed by atoms with van der Waals surface area (Å²) in [6.45, 7) is -1.99. The van der Waals surface area contributed by atoms with Crippen molar-refractivity contribution in [2.24, 2.45) is 0 Å². The Morgan fingerprint density at radius 3 is 2.14 bits per heavy atom. The molecule has 84 valence electrons. The Hall–Kier alpha value is -0.685. The van der Waals surface area contributed by atoms with Gasteiger partial charge in [0, 0.05) is 6.51 Å². The molecule has 7 heteroatoms. The van der Waals surface area contributed by atoms with Gasteiger partial charge in [0.1, 0.15) is 6.61 Å². The molecule has 0 spiro atoms. The van der Waals surface area contributed by atoms with E-state index in [4.69, 9.17) is 9.47 Å². The van der Waals surface area contributed by atoms with Crippen LogP contribution in [0, 0.1) is 0 Å². The fourth-order valence-electron chi connectivity index (χ4n) is 0.627. The zero-order chi connectivity index (χ0) is 10.9. The molecule has 0 aliphatic rings. The average molecular weight is 213 g/mol. The van der Waals surface area contributed by atoms with E-state index in [9.17, 15) is 12.9 Å². The van der Waals surface area contributed by atoms with Gasteiger partial charge in [0.25, 0.3) is 0 Å². The fraction of sp³-hybridized carbons (Fsp3) is 0.714. The molecule has 3 nitrogen and oxygen atoms in total. The van der Waals surface area contributed by atoms with Crippen molar-refractivity contribution in [3.8, 4) is 0 Å². The Bertz CT molecular complexity index is 152. The molecule has 14 heavy (non-hydrogen) atoms. The summed E-state index contributed by atoms with van der Waals surface area (Å²) in [4.78, 5) is 0. The number of halogens is 3. The lowest BCUT2D eigenvalue weighted by atomic mass is 9.95. The second-order valence-corrected chi connectivity index (χ2v) is 2.44. The molecule has 0 aromatic heterocycles. The van der Waals surface area contributed by atoms with Crippen molar-refractivity contribution in [3.05, 3.63) is 12.8 Å². The van der Waals surface area contributed by atoms with E-state index in [2.05, 4.69) is 11.3 Å². The van der Waals surface area contributed by atoms with Gasteiger partial charge >= 0.3 is 6.98 Å². The van der Waals surface area contributed by atoms with Crippen LogP contribution in [0.5, 0.6) is 0 Å². The molecule has 0 fully saturated rings. The zero-order valence-electron chi connectivity index (χ0n) is 7.76. The van der Waals surface area contributed by atoms with Crippen LogP contribution in [0.1, 0.15) is 0 Å². The van der Waals surface area contributed by atoms with Crippen LogP contribution in [0.4, 0.5) is 12.9 Å². The molecule has 0 aromatic rings. The first kappa shape index (κ1) is 13.3. The molecular weight excluding hydrogens is 200 g/mol. The van der Waals surface area contributed by atoms with E-state index in [0.29, 0.717) is 13.2 Å². The lowest BCUT2D eigenvalue weighted by Crippen LogP contribution is -2.25. The van der Waals surface area contributed by atoms with Gasteiger partial charge in [-0.15, -0.1) is 0 Å². The van der Waals surface area contributed by atoms with E-state index in [1.54, 1.807) is 0 Å². The molecule has 0 aliphatic carbocycles. The van der Waals surface area contributed by atoms with Crippen LogP contribution in [0.3, 0.4) is 0 Å². The quantitative estimate of drug-likeness (QED) is 0.330. The predicted octanol–water partition coefficient (Wildman–Crippen LogP) is 1.57. The van der Waals surface area contributed by atoms with Crippen molar-refractivity contribution in [1.29, 1.82) is 0 Å². The zero-order valence-corrected chi connectivity index (χ0v) is 7.76. The summed E-state index contributed by atoms with van der Waals surface area (Å²) in [6, 6.07) is 0. The maximum Gasteiger partial charge on any atom is 0.503 e. The molecule has 0 saturated carbocycles. The smallest absolute Gasteiger partial charge is 0.499 e. The van der Waals surface area contributed by atoms with E-state index in [0.717, 1.165) is 0 Å². The number of hydrogen-bond acceptors (Lipinski definition) is 3. The van der Waals surface area contributed by atoms with E-state index < -0.39 is 13.5 Å². The molecular formula is C7H13BF3O3-. The van der Waals surface area contributed by atoms with Crippen LogP contribution >= 0.6 is 0 Å². The van der Waals surface area contributed by atoms with Crippen molar-refractivity contribution in [1.82, 2.24) is 0 Å². The van der Waals surface area contributed by atoms with Gasteiger partial charge in [0.2, 0.25) is 0 Å². The van der Waals surface area contributed by atoms with Gasteiger partial charge < -0.3 is 27.2 Å². The molecule has 0 aromatic carbocycles. The molecule has 0 heterocycles. The molecule has 0 saturated heterocycles. The molecule has 0 radical (unpaired) electrons. The van der Waals surface area contributed by atoms with Gasteiger partial charge in [-0.1, -0.05) is 6.58 Å². The van der Waals surface area contributed by atoms with Gasteiger partial charge in [-0.3, -0.25) is 0 Å². The third-order valence-electron chi connectivity index (χ3n) is 1.14. The maximum atomic E-state index is 11.6. The van der Waals surface area contributed by atoms with Crippen molar-refractivity contribution >= 4 is 6.98 Å². The van der Waals surface area contributed by atoms with Gasteiger partial charge in [-0.2, -0.15) is 0 Å². The summed E-state index contributed by atoms with van der Waals surface area (Å²) in [5, 5.41) is 0. The second kappa shape index (κ2) is 7.69. The predicted molar refractivity (Wildman–Crippen MR) is 46.9 cm³/mol. The molecule has 0 aliphatic heterocycles. The molecule has 0 rings (SSSR count). The summed E-state index contributed by atoms with van der Waals surface area (Å²) in [5.41, 5.74) is 0. The van der Waals surface area contributed by atoms with E-state index in [1.807, 2.05) is 0 Å². The summed E-state index contributed by atoms with van der Waals surface area (Å²) < 4.78 is 48.7. The molecule has 0 bridgehead atoms. The largest absolute Gasteiger partial charge is 0.503 e. The Morgan fingerprint density at radius 1 is 1.00 bits per heavy atom. The minimum Gasteiger partial charge on any atom is -0.499 e. The second-order valence-electron chi connectivity index (χ2n) is 2.44. The Kier molecular flexibility index (Phi) is 7.32. The van der Waals surface area contributed by atoms with Crippen LogP contribution in [0.25, 0.3) is 0 Å². The Balaban J connectivity index is 3.03. The monoisotopic (exact) mass is 213 g/mol. The highest BCUT2D eigenvalue weighted by molar-refractivity contribution is 6.58. The van der Waals surface area contributed by atoms with E-state index in [1.165, 1.54) is 6.26 Å². The summed E-state index contributed by atoms with van der Waals surface area (Å²) in [6.07, 6.45) is 1.27. The average Bonchev–Trinajstić information content (AvgIpc) is 2.08. The van der Waals surface area contributed by atoms with Crippen LogP contribution in [0.2, 0.25) is 0 Å². The van der Waals surface area contributed by atoms with Gasteiger partial charge in [0.15, 0.2) is 0 Å². The van der Waals surface area contributed by atoms with Crippen molar-refractivity contribution in [3.63, 3.8) is 0 Å². The van der Waals surface area contributed by atoms with Crippen LogP contribution in [0.15, 0.2) is 12.8 Å². The summed E-state index contributed by atoms with van der Waals surface area (Å²) in [7, 11) is 0. The highest BCUT2D eigenvalue weighted by Gasteiger charge is 2.22. The third kappa shape index (κ3) is 11.3. The molecule has 0 unspecified atom stereocenters. The summed E-state index contributed by atoms with van der Waals surface area (Å²) in [5.74, 6) is 0. The van der Waals surface area contributed by atoms with E-state index >= 15 is 0 Å². The Morgan fingerprint density at radius 2 is 1.57 bits per heavy atom. The topological polar surface area (TPSA) is 27.7 Å². The van der Waals surface area contributed by atoms with Crippen LogP contribution < -0.4 is 0 Å². The molecule has 0 N–H and O–H groups in total. The van der Waals surface area contributed by atoms with Crippen molar-refractivity contribution < 1.29 is 27.2 Å². The normalized spacial score (nSPS) is 11.4. The number of ether oxygens (including phenoxy) is 3. The van der Waals surface area contributed by atoms with Gasteiger partial charge in [-0.05, 0) is 0 Å². The molecule has 0 amide bonds. The third-order valence-corrected chi connectivity index (χ3v) is 1.14. The van der Waals surface area contributed by atoms with Crippen molar-refractivity contribution in [2.45, 2.75) is 0 Å². The highest BCUT2D eigenvalue weighted by atomic mass is 19.4. The van der Waals surface area contributed by atoms with Crippen LogP contribution in [-0.2, 0) is 14.2 Å². The standard InChI is InChI=1S/C7H13BF3O3/c1-2-12-3-4-13-5-6-14-7-8(9,10)11/h2H,1,3-7H2/q-1.